The summed E-state index contributed by atoms with van der Waals surface area (Å²) in [5.41, 5.74) is 1.06. The Morgan fingerprint density at radius 3 is 2.39 bits per heavy atom. The van der Waals surface area contributed by atoms with E-state index in [1.807, 2.05) is 0 Å². The Labute approximate surface area is 108 Å². The third kappa shape index (κ3) is 2.43. The molecule has 0 aromatic heterocycles. The predicted molar refractivity (Wildman–Crippen MR) is 68.8 cm³/mol. The molecule has 2 unspecified atom stereocenters. The van der Waals surface area contributed by atoms with E-state index in [9.17, 15) is 4.39 Å². The topological polar surface area (TPSA) is 12.5 Å². The minimum atomic E-state index is -0.184. The van der Waals surface area contributed by atoms with Gasteiger partial charge in [0, 0.05) is 12.1 Å². The molecule has 0 aliphatic carbocycles. The van der Waals surface area contributed by atoms with Gasteiger partial charge in [0.15, 0.2) is 0 Å². The number of fused-ring (bicyclic) bond motifs is 2. The van der Waals surface area contributed by atoms with E-state index in [0.29, 0.717) is 24.8 Å². The first-order valence-corrected chi connectivity index (χ1v) is 6.80. The number of nitrogens with zero attached hydrogens (tertiary/aromatic N) is 1. The Hall–Kier alpha value is -0.930. The van der Waals surface area contributed by atoms with Crippen molar-refractivity contribution in [3.63, 3.8) is 0 Å². The molecule has 1 aromatic rings. The van der Waals surface area contributed by atoms with Crippen LogP contribution in [0.25, 0.3) is 0 Å². The van der Waals surface area contributed by atoms with Crippen LogP contribution in [0.1, 0.15) is 31.2 Å². The highest BCUT2D eigenvalue weighted by atomic mass is 19.1. The Morgan fingerprint density at radius 1 is 1.17 bits per heavy atom. The van der Waals surface area contributed by atoms with Gasteiger partial charge in [0.1, 0.15) is 5.82 Å². The molecule has 1 aromatic carbocycles. The minimum absolute atomic E-state index is 0.184. The van der Waals surface area contributed by atoms with E-state index in [2.05, 4.69) is 11.9 Å². The second kappa shape index (κ2) is 4.98. The number of rotatable bonds is 3. The van der Waals surface area contributed by atoms with Gasteiger partial charge >= 0.3 is 0 Å². The zero-order chi connectivity index (χ0) is 12.5. The summed E-state index contributed by atoms with van der Waals surface area (Å²) in [5.74, 6) is -0.184. The van der Waals surface area contributed by atoms with Crippen molar-refractivity contribution < 1.29 is 9.13 Å². The Morgan fingerprint density at radius 2 is 1.78 bits per heavy atom. The largest absolute Gasteiger partial charge is 0.373 e. The van der Waals surface area contributed by atoms with Gasteiger partial charge in [-0.3, -0.25) is 0 Å². The summed E-state index contributed by atoms with van der Waals surface area (Å²) in [4.78, 5) is 2.51. The molecule has 98 valence electrons. The van der Waals surface area contributed by atoms with Gasteiger partial charge in [0.25, 0.3) is 0 Å². The minimum Gasteiger partial charge on any atom is -0.373 e. The summed E-state index contributed by atoms with van der Waals surface area (Å²) in [6, 6.07) is 8.02. The highest BCUT2D eigenvalue weighted by molar-refractivity contribution is 5.15. The maximum absolute atomic E-state index is 12.8. The first kappa shape index (κ1) is 12.1. The van der Waals surface area contributed by atoms with Crippen LogP contribution in [-0.2, 0) is 11.3 Å². The van der Waals surface area contributed by atoms with Crippen molar-refractivity contribution in [2.45, 2.75) is 50.5 Å². The average molecular weight is 249 g/mol. The summed E-state index contributed by atoms with van der Waals surface area (Å²) >= 11 is 0. The van der Waals surface area contributed by atoms with Gasteiger partial charge in [-0.2, -0.15) is 0 Å². The van der Waals surface area contributed by atoms with Crippen LogP contribution in [0.15, 0.2) is 24.3 Å². The van der Waals surface area contributed by atoms with E-state index in [0.717, 1.165) is 18.4 Å². The van der Waals surface area contributed by atoms with E-state index in [4.69, 9.17) is 4.74 Å². The lowest BCUT2D eigenvalue weighted by Gasteiger charge is -2.36. The van der Waals surface area contributed by atoms with Crippen molar-refractivity contribution in [1.29, 1.82) is 0 Å². The fourth-order valence-corrected chi connectivity index (χ4v) is 3.29. The van der Waals surface area contributed by atoms with E-state index < -0.39 is 0 Å². The summed E-state index contributed by atoms with van der Waals surface area (Å²) in [6.45, 7) is 0.605. The Bertz CT molecular complexity index is 391. The van der Waals surface area contributed by atoms with Crippen molar-refractivity contribution >= 4 is 0 Å². The molecule has 0 N–H and O–H groups in total. The summed E-state index contributed by atoms with van der Waals surface area (Å²) in [7, 11) is 2.23. The molecule has 18 heavy (non-hydrogen) atoms. The Kier molecular flexibility index (Phi) is 3.35. The molecule has 0 amide bonds. The van der Waals surface area contributed by atoms with Gasteiger partial charge in [0.2, 0.25) is 0 Å². The maximum atomic E-state index is 12.8. The predicted octanol–water partition coefficient (Wildman–Crippen LogP) is 2.97. The number of hydrogen-bond donors (Lipinski definition) is 0. The van der Waals surface area contributed by atoms with Crippen LogP contribution in [0.2, 0.25) is 0 Å². The summed E-state index contributed by atoms with van der Waals surface area (Å²) < 4.78 is 18.8. The van der Waals surface area contributed by atoms with Gasteiger partial charge in [0.05, 0.1) is 12.7 Å². The number of piperidine rings is 1. The van der Waals surface area contributed by atoms with Crippen LogP contribution in [-0.4, -0.2) is 30.1 Å². The zero-order valence-corrected chi connectivity index (χ0v) is 10.8. The summed E-state index contributed by atoms with van der Waals surface area (Å²) in [6.07, 6.45) is 5.31. The zero-order valence-electron chi connectivity index (χ0n) is 10.8. The highest BCUT2D eigenvalue weighted by Gasteiger charge is 2.38. The molecule has 0 saturated carbocycles. The van der Waals surface area contributed by atoms with Crippen molar-refractivity contribution in [2.24, 2.45) is 0 Å². The van der Waals surface area contributed by atoms with Crippen LogP contribution in [0.3, 0.4) is 0 Å². The van der Waals surface area contributed by atoms with Crippen LogP contribution < -0.4 is 0 Å². The Balaban J connectivity index is 1.54. The maximum Gasteiger partial charge on any atom is 0.123 e. The number of halogens is 1. The highest BCUT2D eigenvalue weighted by Crippen LogP contribution is 2.35. The quantitative estimate of drug-likeness (QED) is 0.816. The third-order valence-corrected chi connectivity index (χ3v) is 4.45. The SMILES string of the molecule is CN1C2CCC1CC(OCc1ccc(F)cc1)C2. The fourth-order valence-electron chi connectivity index (χ4n) is 3.29. The average Bonchev–Trinajstić information content (AvgIpc) is 2.62. The molecular weight excluding hydrogens is 229 g/mol. The van der Waals surface area contributed by atoms with E-state index in [1.165, 1.54) is 25.0 Å². The lowest BCUT2D eigenvalue weighted by atomic mass is 10.0. The smallest absolute Gasteiger partial charge is 0.123 e. The lowest BCUT2D eigenvalue weighted by Crippen LogP contribution is -2.42. The summed E-state index contributed by atoms with van der Waals surface area (Å²) in [5, 5.41) is 0. The van der Waals surface area contributed by atoms with Crippen LogP contribution in [0.4, 0.5) is 4.39 Å². The third-order valence-electron chi connectivity index (χ3n) is 4.45. The molecular formula is C15H20FNO. The molecule has 0 spiro atoms. The van der Waals surface area contributed by atoms with Crippen LogP contribution in [0.5, 0.6) is 0 Å². The second-order valence-corrected chi connectivity index (χ2v) is 5.58. The van der Waals surface area contributed by atoms with E-state index >= 15 is 0 Å². The second-order valence-electron chi connectivity index (χ2n) is 5.58. The van der Waals surface area contributed by atoms with Crippen LogP contribution in [0, 0.1) is 5.82 Å². The van der Waals surface area contributed by atoms with Gasteiger partial charge < -0.3 is 9.64 Å². The van der Waals surface area contributed by atoms with Crippen molar-refractivity contribution in [3.05, 3.63) is 35.6 Å². The van der Waals surface area contributed by atoms with Crippen molar-refractivity contribution in [2.75, 3.05) is 7.05 Å². The molecule has 3 heteroatoms. The van der Waals surface area contributed by atoms with E-state index in [-0.39, 0.29) is 5.82 Å². The number of ether oxygens (including phenoxy) is 1. The van der Waals surface area contributed by atoms with Gasteiger partial charge in [-0.15, -0.1) is 0 Å². The molecule has 2 saturated heterocycles. The molecule has 2 fully saturated rings. The lowest BCUT2D eigenvalue weighted by molar-refractivity contribution is -0.0211. The molecule has 2 bridgehead atoms. The van der Waals surface area contributed by atoms with Gasteiger partial charge in [-0.25, -0.2) is 4.39 Å². The number of benzene rings is 1. The first-order valence-electron chi connectivity index (χ1n) is 6.80. The normalized spacial score (nSPS) is 31.8. The van der Waals surface area contributed by atoms with Gasteiger partial charge in [-0.1, -0.05) is 12.1 Å². The molecule has 3 rings (SSSR count). The van der Waals surface area contributed by atoms with Crippen LogP contribution >= 0.6 is 0 Å². The first-order chi connectivity index (χ1) is 8.72. The standard InChI is InChI=1S/C15H20FNO/c1-17-13-6-7-14(17)9-15(8-13)18-10-11-2-4-12(16)5-3-11/h2-5,13-15H,6-10H2,1H3. The molecule has 2 atom stereocenters. The van der Waals surface area contributed by atoms with Crippen molar-refractivity contribution in [3.8, 4) is 0 Å². The van der Waals surface area contributed by atoms with E-state index in [1.54, 1.807) is 12.1 Å². The fraction of sp³-hybridized carbons (Fsp3) is 0.600. The number of hydrogen-bond acceptors (Lipinski definition) is 2. The molecule has 0 radical (unpaired) electrons. The molecule has 2 nitrogen and oxygen atoms in total. The molecule has 2 aliphatic rings. The van der Waals surface area contributed by atoms with Crippen molar-refractivity contribution in [1.82, 2.24) is 4.90 Å². The van der Waals surface area contributed by atoms with Gasteiger partial charge in [-0.05, 0) is 50.4 Å². The monoisotopic (exact) mass is 249 g/mol. The molecule has 2 aliphatic heterocycles. The molecule has 2 heterocycles.